The molecule has 0 fully saturated rings. The molecule has 1 heterocycles. The summed E-state index contributed by atoms with van der Waals surface area (Å²) >= 11 is 0. The van der Waals surface area contributed by atoms with Crippen LogP contribution in [0.15, 0.2) is 12.2 Å². The molecular formula is C10H16O4. The smallest absolute Gasteiger partial charge is 0.335 e. The van der Waals surface area contributed by atoms with Gasteiger partial charge >= 0.3 is 5.97 Å². The Morgan fingerprint density at radius 1 is 1.50 bits per heavy atom. The van der Waals surface area contributed by atoms with Gasteiger partial charge in [-0.25, -0.2) is 4.79 Å². The third-order valence-electron chi connectivity index (χ3n) is 2.08. The molecule has 0 amide bonds. The van der Waals surface area contributed by atoms with Gasteiger partial charge in [-0.15, -0.1) is 0 Å². The Morgan fingerprint density at radius 3 is 2.79 bits per heavy atom. The Kier molecular flexibility index (Phi) is 4.10. The second-order valence-corrected chi connectivity index (χ2v) is 3.16. The second-order valence-electron chi connectivity index (χ2n) is 3.16. The van der Waals surface area contributed by atoms with Gasteiger partial charge in [0, 0.05) is 13.0 Å². The first-order valence-corrected chi connectivity index (χ1v) is 4.72. The number of rotatable bonds is 3. The summed E-state index contributed by atoms with van der Waals surface area (Å²) in [5.41, 5.74) is 0. The zero-order valence-corrected chi connectivity index (χ0v) is 8.73. The maximum atomic E-state index is 11.4. The SMILES string of the molecule is CCOC(=O)[C@H]1O[C@H](OC)C=C[C@@H]1C. The van der Waals surface area contributed by atoms with Crippen molar-refractivity contribution >= 4 is 5.97 Å². The molecule has 0 unspecified atom stereocenters. The summed E-state index contributed by atoms with van der Waals surface area (Å²) in [6, 6.07) is 0. The lowest BCUT2D eigenvalue weighted by Crippen LogP contribution is -2.38. The Balaban J connectivity index is 2.60. The Morgan fingerprint density at radius 2 is 2.21 bits per heavy atom. The van der Waals surface area contributed by atoms with Gasteiger partial charge in [-0.1, -0.05) is 13.0 Å². The van der Waals surface area contributed by atoms with Gasteiger partial charge in [-0.05, 0) is 13.0 Å². The van der Waals surface area contributed by atoms with Crippen LogP contribution in [-0.4, -0.2) is 32.1 Å². The fraction of sp³-hybridized carbons (Fsp3) is 0.700. The molecule has 3 atom stereocenters. The topological polar surface area (TPSA) is 44.8 Å². The van der Waals surface area contributed by atoms with Crippen LogP contribution in [0, 0.1) is 5.92 Å². The molecule has 80 valence electrons. The largest absolute Gasteiger partial charge is 0.464 e. The molecule has 0 N–H and O–H groups in total. The predicted octanol–water partition coefficient (Wildman–Crippen LogP) is 1.11. The lowest BCUT2D eigenvalue weighted by molar-refractivity contribution is -0.183. The van der Waals surface area contributed by atoms with Crippen LogP contribution in [0.4, 0.5) is 0 Å². The van der Waals surface area contributed by atoms with Gasteiger partial charge in [0.15, 0.2) is 12.4 Å². The highest BCUT2D eigenvalue weighted by Gasteiger charge is 2.31. The van der Waals surface area contributed by atoms with Crippen molar-refractivity contribution in [2.24, 2.45) is 5.92 Å². The molecule has 0 bridgehead atoms. The van der Waals surface area contributed by atoms with Crippen LogP contribution in [-0.2, 0) is 19.0 Å². The van der Waals surface area contributed by atoms with Gasteiger partial charge in [0.2, 0.25) is 0 Å². The normalized spacial score (nSPS) is 31.5. The molecule has 1 aliphatic heterocycles. The van der Waals surface area contributed by atoms with Crippen molar-refractivity contribution in [3.8, 4) is 0 Å². The van der Waals surface area contributed by atoms with E-state index in [2.05, 4.69) is 0 Å². The third-order valence-corrected chi connectivity index (χ3v) is 2.08. The standard InChI is InChI=1S/C10H16O4/c1-4-13-10(11)9-7(2)5-6-8(12-3)14-9/h5-9H,4H2,1-3H3/t7-,8-,9-/m0/s1. The number of esters is 1. The monoisotopic (exact) mass is 200 g/mol. The van der Waals surface area contributed by atoms with Crippen LogP contribution in [0.1, 0.15) is 13.8 Å². The van der Waals surface area contributed by atoms with Gasteiger partial charge in [-0.3, -0.25) is 0 Å². The lowest BCUT2D eigenvalue weighted by atomic mass is 10.0. The minimum atomic E-state index is -0.551. The fourth-order valence-electron chi connectivity index (χ4n) is 1.31. The molecule has 0 radical (unpaired) electrons. The summed E-state index contributed by atoms with van der Waals surface area (Å²) in [7, 11) is 1.53. The van der Waals surface area contributed by atoms with Crippen molar-refractivity contribution < 1.29 is 19.0 Å². The second kappa shape index (κ2) is 5.12. The number of carbonyl (C=O) groups is 1. The number of carbonyl (C=O) groups excluding carboxylic acids is 1. The zero-order chi connectivity index (χ0) is 10.6. The summed E-state index contributed by atoms with van der Waals surface area (Å²) in [5.74, 6) is -0.299. The van der Waals surface area contributed by atoms with Crippen LogP contribution in [0.3, 0.4) is 0 Å². The van der Waals surface area contributed by atoms with E-state index in [-0.39, 0.29) is 11.9 Å². The molecule has 0 saturated heterocycles. The Hall–Kier alpha value is -0.870. The summed E-state index contributed by atoms with van der Waals surface area (Å²) in [6.07, 6.45) is 2.70. The molecule has 0 aliphatic carbocycles. The van der Waals surface area contributed by atoms with Crippen LogP contribution >= 0.6 is 0 Å². The van der Waals surface area contributed by atoms with Gasteiger partial charge in [0.1, 0.15) is 0 Å². The van der Waals surface area contributed by atoms with Crippen molar-refractivity contribution in [2.45, 2.75) is 26.2 Å². The van der Waals surface area contributed by atoms with Gasteiger partial charge in [0.05, 0.1) is 6.61 Å². The first kappa shape index (κ1) is 11.2. The number of methoxy groups -OCH3 is 1. The molecule has 1 aliphatic rings. The molecule has 4 nitrogen and oxygen atoms in total. The van der Waals surface area contributed by atoms with E-state index >= 15 is 0 Å². The van der Waals surface area contributed by atoms with Crippen LogP contribution in [0.5, 0.6) is 0 Å². The average Bonchev–Trinajstić information content (AvgIpc) is 2.19. The molecule has 0 spiro atoms. The number of hydrogen-bond acceptors (Lipinski definition) is 4. The van der Waals surface area contributed by atoms with E-state index in [4.69, 9.17) is 14.2 Å². The number of ether oxygens (including phenoxy) is 3. The first-order valence-electron chi connectivity index (χ1n) is 4.72. The van der Waals surface area contributed by atoms with E-state index in [0.29, 0.717) is 6.61 Å². The maximum absolute atomic E-state index is 11.4. The molecule has 0 aromatic rings. The highest BCUT2D eigenvalue weighted by molar-refractivity contribution is 5.75. The highest BCUT2D eigenvalue weighted by atomic mass is 16.7. The molecule has 0 saturated carbocycles. The summed E-state index contributed by atoms with van der Waals surface area (Å²) in [5, 5.41) is 0. The van der Waals surface area contributed by atoms with E-state index in [1.165, 1.54) is 7.11 Å². The summed E-state index contributed by atoms with van der Waals surface area (Å²) in [4.78, 5) is 11.4. The van der Waals surface area contributed by atoms with Crippen molar-refractivity contribution in [1.82, 2.24) is 0 Å². The van der Waals surface area contributed by atoms with Crippen LogP contribution in [0.25, 0.3) is 0 Å². The summed E-state index contributed by atoms with van der Waals surface area (Å²) < 4.78 is 15.3. The van der Waals surface area contributed by atoms with E-state index < -0.39 is 12.4 Å². The molecular weight excluding hydrogens is 184 g/mol. The minimum Gasteiger partial charge on any atom is -0.464 e. The van der Waals surface area contributed by atoms with E-state index in [1.807, 2.05) is 13.0 Å². The zero-order valence-electron chi connectivity index (χ0n) is 8.73. The molecule has 14 heavy (non-hydrogen) atoms. The van der Waals surface area contributed by atoms with Crippen molar-refractivity contribution in [1.29, 1.82) is 0 Å². The lowest BCUT2D eigenvalue weighted by Gasteiger charge is -2.27. The van der Waals surface area contributed by atoms with Gasteiger partial charge < -0.3 is 14.2 Å². The quantitative estimate of drug-likeness (QED) is 0.505. The highest BCUT2D eigenvalue weighted by Crippen LogP contribution is 2.19. The summed E-state index contributed by atoms with van der Waals surface area (Å²) in [6.45, 7) is 4.05. The fourth-order valence-corrected chi connectivity index (χ4v) is 1.31. The predicted molar refractivity (Wildman–Crippen MR) is 50.6 cm³/mol. The molecule has 4 heteroatoms. The van der Waals surface area contributed by atoms with Crippen molar-refractivity contribution in [2.75, 3.05) is 13.7 Å². The average molecular weight is 200 g/mol. The van der Waals surface area contributed by atoms with Crippen LogP contribution < -0.4 is 0 Å². The molecule has 1 rings (SSSR count). The third kappa shape index (κ3) is 2.56. The molecule has 0 aromatic carbocycles. The number of hydrogen-bond donors (Lipinski definition) is 0. The van der Waals surface area contributed by atoms with E-state index in [1.54, 1.807) is 13.0 Å². The first-order chi connectivity index (χ1) is 6.69. The van der Waals surface area contributed by atoms with Crippen LogP contribution in [0.2, 0.25) is 0 Å². The van der Waals surface area contributed by atoms with Crippen molar-refractivity contribution in [3.05, 3.63) is 12.2 Å². The van der Waals surface area contributed by atoms with Crippen molar-refractivity contribution in [3.63, 3.8) is 0 Å². The maximum Gasteiger partial charge on any atom is 0.335 e. The molecule has 0 aromatic heterocycles. The van der Waals surface area contributed by atoms with Gasteiger partial charge in [-0.2, -0.15) is 0 Å². The van der Waals surface area contributed by atoms with Gasteiger partial charge in [0.25, 0.3) is 0 Å². The Labute approximate surface area is 83.8 Å². The Bertz CT molecular complexity index is 224. The van der Waals surface area contributed by atoms with E-state index in [9.17, 15) is 4.79 Å². The van der Waals surface area contributed by atoms with E-state index in [0.717, 1.165) is 0 Å². The minimum absolute atomic E-state index is 0.0282.